The Hall–Kier alpha value is -1.59. The van der Waals surface area contributed by atoms with Crippen LogP contribution in [0.1, 0.15) is 5.56 Å². The predicted molar refractivity (Wildman–Crippen MR) is 45.1 cm³/mol. The molecule has 5 nitrogen and oxygen atoms in total. The molecule has 1 aliphatic rings. The quantitative estimate of drug-likeness (QED) is 0.566. The van der Waals surface area contributed by atoms with Gasteiger partial charge in [0.2, 0.25) is 0 Å². The second-order valence-corrected chi connectivity index (χ2v) is 2.23. The first-order chi connectivity index (χ1) is 5.38. The number of hydrazine groups is 1. The summed E-state index contributed by atoms with van der Waals surface area (Å²) >= 11 is 0. The van der Waals surface area contributed by atoms with Crippen LogP contribution in [-0.4, -0.2) is 16.9 Å². The van der Waals surface area contributed by atoms with Crippen LogP contribution in [0.15, 0.2) is 29.4 Å². The van der Waals surface area contributed by atoms with E-state index < -0.39 is 0 Å². The zero-order valence-electron chi connectivity index (χ0n) is 6.23. The lowest BCUT2D eigenvalue weighted by molar-refractivity contribution is 0.212. The van der Waals surface area contributed by atoms with Gasteiger partial charge in [0.25, 0.3) is 0 Å². The maximum absolute atomic E-state index is 9.17. The van der Waals surface area contributed by atoms with E-state index in [1.165, 1.54) is 0 Å². The number of benzene rings is 1. The van der Waals surface area contributed by atoms with Crippen LogP contribution in [0.3, 0.4) is 0 Å². The molecule has 0 unspecified atom stereocenters. The minimum absolute atomic E-state index is 0. The lowest BCUT2D eigenvalue weighted by Crippen LogP contribution is -2.34. The molecule has 4 N–H and O–H groups in total. The van der Waals surface area contributed by atoms with Crippen molar-refractivity contribution < 1.29 is 10.7 Å². The molecule has 5 heteroatoms. The van der Waals surface area contributed by atoms with Gasteiger partial charge in [0.15, 0.2) is 0 Å². The third kappa shape index (κ3) is 1.23. The van der Waals surface area contributed by atoms with Gasteiger partial charge in [-0.1, -0.05) is 18.2 Å². The van der Waals surface area contributed by atoms with Gasteiger partial charge in [-0.2, -0.15) is 10.6 Å². The van der Waals surface area contributed by atoms with Crippen molar-refractivity contribution in [3.63, 3.8) is 0 Å². The Morgan fingerprint density at radius 3 is 2.83 bits per heavy atom. The number of hydrogen-bond donors (Lipinski definition) is 2. The van der Waals surface area contributed by atoms with Gasteiger partial charge in [0.1, 0.15) is 0 Å². The summed E-state index contributed by atoms with van der Waals surface area (Å²) in [6, 6.07) is 7.42. The molecule has 1 aromatic rings. The van der Waals surface area contributed by atoms with Gasteiger partial charge in [0.05, 0.1) is 11.9 Å². The number of nitrogens with zero attached hydrogens (tertiary/aromatic N) is 2. The number of fused-ring (bicyclic) bond motifs is 1. The normalized spacial score (nSPS) is 12.9. The van der Waals surface area contributed by atoms with Crippen molar-refractivity contribution in [3.05, 3.63) is 29.8 Å². The molecule has 0 spiro atoms. The molecule has 2 rings (SSSR count). The minimum Gasteiger partial charge on any atom is -0.412 e. The van der Waals surface area contributed by atoms with Crippen molar-refractivity contribution in [2.75, 3.05) is 5.17 Å². The van der Waals surface area contributed by atoms with E-state index in [4.69, 9.17) is 5.21 Å². The molecule has 0 bridgehead atoms. The van der Waals surface area contributed by atoms with Crippen LogP contribution in [0.4, 0.5) is 5.69 Å². The van der Waals surface area contributed by atoms with Crippen molar-refractivity contribution in [1.29, 1.82) is 0 Å². The average molecular weight is 167 g/mol. The summed E-state index contributed by atoms with van der Waals surface area (Å²) in [4.78, 5) is 0. The molecule has 1 heterocycles. The lowest BCUT2D eigenvalue weighted by Gasteiger charge is -2.20. The standard InChI is InChI=1S/C7H7N3O.H2O/c11-10-7-4-2-1-3-6(7)5-8-9-10;/h1-5,9,11H;1H2. The van der Waals surface area contributed by atoms with E-state index in [0.717, 1.165) is 10.7 Å². The SMILES string of the molecule is O.ON1NN=Cc2ccccc21. The first-order valence-electron chi connectivity index (χ1n) is 3.25. The smallest absolute Gasteiger partial charge is 0.0981 e. The van der Waals surface area contributed by atoms with Crippen LogP contribution in [0.5, 0.6) is 0 Å². The highest BCUT2D eigenvalue weighted by atomic mass is 16.5. The Bertz CT molecular complexity index is 300. The molecule has 0 aromatic heterocycles. The summed E-state index contributed by atoms with van der Waals surface area (Å²) in [6.45, 7) is 0. The zero-order chi connectivity index (χ0) is 7.68. The second kappa shape index (κ2) is 3.21. The first kappa shape index (κ1) is 8.51. The molecule has 1 aromatic carbocycles. The van der Waals surface area contributed by atoms with Crippen LogP contribution >= 0.6 is 0 Å². The third-order valence-electron chi connectivity index (χ3n) is 1.52. The molecule has 0 fully saturated rings. The maximum atomic E-state index is 9.17. The molecular weight excluding hydrogens is 158 g/mol. The minimum atomic E-state index is 0. The van der Waals surface area contributed by atoms with Crippen LogP contribution in [-0.2, 0) is 0 Å². The molecule has 1 aliphatic heterocycles. The molecule has 0 amide bonds. The van der Waals surface area contributed by atoms with Gasteiger partial charge in [-0.15, -0.1) is 5.17 Å². The molecule has 64 valence electrons. The van der Waals surface area contributed by atoms with E-state index >= 15 is 0 Å². The third-order valence-corrected chi connectivity index (χ3v) is 1.52. The van der Waals surface area contributed by atoms with Gasteiger partial charge >= 0.3 is 0 Å². The largest absolute Gasteiger partial charge is 0.412 e. The molecule has 0 radical (unpaired) electrons. The van der Waals surface area contributed by atoms with Gasteiger partial charge in [-0.05, 0) is 6.07 Å². The Kier molecular flexibility index (Phi) is 2.27. The van der Waals surface area contributed by atoms with E-state index in [1.807, 2.05) is 18.2 Å². The van der Waals surface area contributed by atoms with Gasteiger partial charge in [-0.3, -0.25) is 5.21 Å². The summed E-state index contributed by atoms with van der Waals surface area (Å²) in [5.74, 6) is 0. The number of anilines is 1. The molecular formula is C7H9N3O2. The number of hydrogen-bond acceptors (Lipinski definition) is 4. The molecule has 0 saturated carbocycles. The van der Waals surface area contributed by atoms with E-state index in [0.29, 0.717) is 5.69 Å². The van der Waals surface area contributed by atoms with Gasteiger partial charge < -0.3 is 5.48 Å². The van der Waals surface area contributed by atoms with Crippen molar-refractivity contribution in [2.45, 2.75) is 0 Å². The maximum Gasteiger partial charge on any atom is 0.0981 e. The fourth-order valence-corrected chi connectivity index (χ4v) is 0.997. The van der Waals surface area contributed by atoms with Crippen LogP contribution in [0, 0.1) is 0 Å². The summed E-state index contributed by atoms with van der Waals surface area (Å²) in [6.07, 6.45) is 1.65. The average Bonchev–Trinajstić information content (AvgIpc) is 2.06. The van der Waals surface area contributed by atoms with Gasteiger partial charge in [-0.25, -0.2) is 0 Å². The molecule has 12 heavy (non-hydrogen) atoms. The van der Waals surface area contributed by atoms with Crippen molar-refractivity contribution in [3.8, 4) is 0 Å². The number of rotatable bonds is 0. The van der Waals surface area contributed by atoms with E-state index in [2.05, 4.69) is 10.6 Å². The first-order valence-corrected chi connectivity index (χ1v) is 3.25. The Morgan fingerprint density at radius 1 is 1.33 bits per heavy atom. The summed E-state index contributed by atoms with van der Waals surface area (Å²) < 4.78 is 0. The molecule has 0 saturated heterocycles. The van der Waals surface area contributed by atoms with Crippen LogP contribution in [0.25, 0.3) is 0 Å². The Morgan fingerprint density at radius 2 is 2.08 bits per heavy atom. The summed E-state index contributed by atoms with van der Waals surface area (Å²) in [5.41, 5.74) is 4.00. The Labute approximate surface area is 69.2 Å². The highest BCUT2D eigenvalue weighted by Crippen LogP contribution is 2.17. The Balaban J connectivity index is 0.000000720. The highest BCUT2D eigenvalue weighted by molar-refractivity contribution is 5.88. The summed E-state index contributed by atoms with van der Waals surface area (Å²) in [7, 11) is 0. The van der Waals surface area contributed by atoms with Gasteiger partial charge in [0, 0.05) is 5.56 Å². The second-order valence-electron chi connectivity index (χ2n) is 2.23. The fourth-order valence-electron chi connectivity index (χ4n) is 0.997. The van der Waals surface area contributed by atoms with Crippen molar-refractivity contribution in [1.82, 2.24) is 5.53 Å². The van der Waals surface area contributed by atoms with E-state index in [1.54, 1.807) is 12.3 Å². The fraction of sp³-hybridized carbons (Fsp3) is 0. The lowest BCUT2D eigenvalue weighted by atomic mass is 10.2. The van der Waals surface area contributed by atoms with Crippen molar-refractivity contribution in [2.24, 2.45) is 5.10 Å². The molecule has 0 atom stereocenters. The highest BCUT2D eigenvalue weighted by Gasteiger charge is 2.08. The monoisotopic (exact) mass is 167 g/mol. The molecule has 0 aliphatic carbocycles. The number of hydrazone groups is 1. The van der Waals surface area contributed by atoms with Crippen LogP contribution < -0.4 is 10.7 Å². The number of nitrogens with one attached hydrogen (secondary N) is 1. The van der Waals surface area contributed by atoms with Crippen LogP contribution in [0.2, 0.25) is 0 Å². The zero-order valence-corrected chi connectivity index (χ0v) is 6.23. The van der Waals surface area contributed by atoms with E-state index in [-0.39, 0.29) is 5.48 Å². The summed E-state index contributed by atoms with van der Waals surface area (Å²) in [5, 5.41) is 13.8. The van der Waals surface area contributed by atoms with Crippen molar-refractivity contribution >= 4 is 11.9 Å². The topological polar surface area (TPSA) is 79.4 Å². The van der Waals surface area contributed by atoms with E-state index in [9.17, 15) is 0 Å². The number of para-hydroxylation sites is 1. The predicted octanol–water partition coefficient (Wildman–Crippen LogP) is -0.0904.